The fraction of sp³-hybridized carbons (Fsp3) is 0.176. The molecule has 8 heteroatoms. The summed E-state index contributed by atoms with van der Waals surface area (Å²) in [6.07, 6.45) is -0.393. The fourth-order valence-corrected chi connectivity index (χ4v) is 4.73. The van der Waals surface area contributed by atoms with Crippen LogP contribution in [-0.4, -0.2) is 10.2 Å². The summed E-state index contributed by atoms with van der Waals surface area (Å²) in [5, 5.41) is 8.39. The number of thioether (sulfide) groups is 1. The molecular formula is C17H14BrN3O2S2. The Morgan fingerprint density at radius 1 is 1.24 bits per heavy atom. The van der Waals surface area contributed by atoms with Crippen molar-refractivity contribution in [2.24, 2.45) is 0 Å². The van der Waals surface area contributed by atoms with Crippen molar-refractivity contribution in [1.82, 2.24) is 10.2 Å². The van der Waals surface area contributed by atoms with Gasteiger partial charge in [0.05, 0.1) is 6.61 Å². The van der Waals surface area contributed by atoms with Crippen LogP contribution in [0, 0.1) is 0 Å². The van der Waals surface area contributed by atoms with Crippen LogP contribution in [0.5, 0.6) is 5.75 Å². The van der Waals surface area contributed by atoms with Crippen LogP contribution in [0.2, 0.25) is 0 Å². The molecule has 4 rings (SSSR count). The number of hydrogen-bond donors (Lipinski definition) is 1. The molecule has 1 aliphatic rings. The van der Waals surface area contributed by atoms with Gasteiger partial charge >= 0.3 is 0 Å². The van der Waals surface area contributed by atoms with E-state index in [-0.39, 0.29) is 0 Å². The number of rotatable bonds is 4. The number of hydrogen-bond acceptors (Lipinski definition) is 7. The van der Waals surface area contributed by atoms with E-state index >= 15 is 0 Å². The molecule has 0 saturated carbocycles. The Hall–Kier alpha value is -1.61. The van der Waals surface area contributed by atoms with E-state index in [1.807, 2.05) is 36.4 Å². The van der Waals surface area contributed by atoms with Crippen LogP contribution >= 0.6 is 39.0 Å². The number of nitrogens with zero attached hydrogens (tertiary/aromatic N) is 2. The van der Waals surface area contributed by atoms with E-state index in [1.54, 1.807) is 11.8 Å². The van der Waals surface area contributed by atoms with Crippen LogP contribution in [0.4, 0.5) is 5.13 Å². The first-order valence-electron chi connectivity index (χ1n) is 7.55. The molecule has 0 amide bonds. The van der Waals surface area contributed by atoms with Gasteiger partial charge in [-0.2, -0.15) is 0 Å². The number of halogens is 1. The zero-order valence-electron chi connectivity index (χ0n) is 13.0. The van der Waals surface area contributed by atoms with Gasteiger partial charge in [-0.25, -0.2) is 0 Å². The summed E-state index contributed by atoms with van der Waals surface area (Å²) >= 11 is 6.55. The Morgan fingerprint density at radius 2 is 2.08 bits per heavy atom. The van der Waals surface area contributed by atoms with Gasteiger partial charge in [0.2, 0.25) is 11.4 Å². The third-order valence-electron chi connectivity index (χ3n) is 3.67. The van der Waals surface area contributed by atoms with Gasteiger partial charge in [-0.15, -0.1) is 10.2 Å². The summed E-state index contributed by atoms with van der Waals surface area (Å²) in [7, 11) is 0. The predicted octanol–water partition coefficient (Wildman–Crippen LogP) is 4.78. The molecule has 2 heterocycles. The molecule has 25 heavy (non-hydrogen) atoms. The Kier molecular flexibility index (Phi) is 4.93. The van der Waals surface area contributed by atoms with Gasteiger partial charge in [-0.1, -0.05) is 69.4 Å². The normalized spacial score (nSPS) is 16.3. The van der Waals surface area contributed by atoms with Crippen molar-refractivity contribution in [3.8, 4) is 5.75 Å². The second-order valence-corrected chi connectivity index (χ2v) is 8.57. The molecule has 1 aliphatic heterocycles. The van der Waals surface area contributed by atoms with Gasteiger partial charge in [-0.05, 0) is 12.1 Å². The van der Waals surface area contributed by atoms with Crippen LogP contribution in [0.15, 0.2) is 51.3 Å². The molecule has 0 unspecified atom stereocenters. The standard InChI is InChI=1S/C17H14BrN3O2S2/c18-13-6-11-8-22-15(10-4-2-1-3-5-10)23-14(11)12(7-13)9-24-17-21-20-16(19)25-17/h1-7,15H,8-9H2,(H2,19,20)/t15-/m1/s1. The molecule has 5 nitrogen and oxygen atoms in total. The van der Waals surface area contributed by atoms with Crippen LogP contribution < -0.4 is 10.5 Å². The number of benzene rings is 2. The van der Waals surface area contributed by atoms with Gasteiger partial charge in [0.25, 0.3) is 0 Å². The van der Waals surface area contributed by atoms with Crippen molar-refractivity contribution in [3.63, 3.8) is 0 Å². The van der Waals surface area contributed by atoms with Crippen molar-refractivity contribution < 1.29 is 9.47 Å². The van der Waals surface area contributed by atoms with Crippen LogP contribution in [0.3, 0.4) is 0 Å². The molecule has 128 valence electrons. The highest BCUT2D eigenvalue weighted by Crippen LogP contribution is 2.40. The molecule has 0 bridgehead atoms. The highest BCUT2D eigenvalue weighted by Gasteiger charge is 2.25. The molecule has 3 aromatic rings. The maximum Gasteiger partial charge on any atom is 0.227 e. The first-order valence-corrected chi connectivity index (χ1v) is 10.1. The first kappa shape index (κ1) is 16.8. The highest BCUT2D eigenvalue weighted by atomic mass is 79.9. The summed E-state index contributed by atoms with van der Waals surface area (Å²) in [6, 6.07) is 14.1. The minimum atomic E-state index is -0.393. The zero-order valence-corrected chi connectivity index (χ0v) is 16.2. The third kappa shape index (κ3) is 3.82. The van der Waals surface area contributed by atoms with Gasteiger partial charge in [0.15, 0.2) is 4.34 Å². The van der Waals surface area contributed by atoms with Gasteiger partial charge in [0.1, 0.15) is 5.75 Å². The SMILES string of the molecule is Nc1nnc(SCc2cc(Br)cc3c2O[C@H](c2ccccc2)OC3)s1. The number of nitrogen functional groups attached to an aromatic ring is 1. The summed E-state index contributed by atoms with van der Waals surface area (Å²) < 4.78 is 13.9. The Morgan fingerprint density at radius 3 is 2.84 bits per heavy atom. The van der Waals surface area contributed by atoms with Gasteiger partial charge in [-0.3, -0.25) is 0 Å². The van der Waals surface area contributed by atoms with E-state index in [0.717, 1.165) is 37.0 Å². The molecular weight excluding hydrogens is 422 g/mol. The van der Waals surface area contributed by atoms with Crippen molar-refractivity contribution >= 4 is 44.2 Å². The molecule has 1 atom stereocenters. The van der Waals surface area contributed by atoms with Crippen molar-refractivity contribution in [2.75, 3.05) is 5.73 Å². The van der Waals surface area contributed by atoms with Crippen molar-refractivity contribution in [3.05, 3.63) is 63.6 Å². The van der Waals surface area contributed by atoms with E-state index in [1.165, 1.54) is 11.3 Å². The largest absolute Gasteiger partial charge is 0.460 e. The van der Waals surface area contributed by atoms with Crippen LogP contribution in [0.25, 0.3) is 0 Å². The summed E-state index contributed by atoms with van der Waals surface area (Å²) in [4.78, 5) is 0. The van der Waals surface area contributed by atoms with Crippen molar-refractivity contribution in [2.45, 2.75) is 23.0 Å². The lowest BCUT2D eigenvalue weighted by Crippen LogP contribution is -2.19. The van der Waals surface area contributed by atoms with E-state index < -0.39 is 6.29 Å². The zero-order chi connectivity index (χ0) is 17.2. The van der Waals surface area contributed by atoms with E-state index in [4.69, 9.17) is 15.2 Å². The molecule has 0 radical (unpaired) electrons. The van der Waals surface area contributed by atoms with Crippen molar-refractivity contribution in [1.29, 1.82) is 0 Å². The van der Waals surface area contributed by atoms with E-state index in [2.05, 4.69) is 32.2 Å². The monoisotopic (exact) mass is 435 g/mol. The quantitative estimate of drug-likeness (QED) is 0.594. The summed E-state index contributed by atoms with van der Waals surface area (Å²) in [5.74, 6) is 1.60. The van der Waals surface area contributed by atoms with Gasteiger partial charge < -0.3 is 15.2 Å². The molecule has 0 spiro atoms. The molecule has 0 saturated heterocycles. The number of fused-ring (bicyclic) bond motifs is 1. The molecule has 0 aliphatic carbocycles. The number of aromatic nitrogens is 2. The molecule has 1 aromatic heterocycles. The lowest BCUT2D eigenvalue weighted by molar-refractivity contribution is -0.111. The Labute approximate surface area is 161 Å². The number of ether oxygens (including phenoxy) is 2. The molecule has 0 fully saturated rings. The van der Waals surface area contributed by atoms with E-state index in [9.17, 15) is 0 Å². The van der Waals surface area contributed by atoms with Gasteiger partial charge in [0, 0.05) is 26.9 Å². The fourth-order valence-electron chi connectivity index (χ4n) is 2.58. The van der Waals surface area contributed by atoms with Crippen LogP contribution in [-0.2, 0) is 17.1 Å². The number of anilines is 1. The first-order chi connectivity index (χ1) is 12.2. The second kappa shape index (κ2) is 7.33. The molecule has 2 aromatic carbocycles. The minimum absolute atomic E-state index is 0.393. The average molecular weight is 436 g/mol. The Balaban J connectivity index is 1.59. The highest BCUT2D eigenvalue weighted by molar-refractivity contribution is 9.10. The van der Waals surface area contributed by atoms with E-state index in [0.29, 0.717) is 11.7 Å². The molecule has 2 N–H and O–H groups in total. The predicted molar refractivity (Wildman–Crippen MR) is 103 cm³/mol. The maximum absolute atomic E-state index is 6.18. The summed E-state index contributed by atoms with van der Waals surface area (Å²) in [5.41, 5.74) is 8.78. The lowest BCUT2D eigenvalue weighted by Gasteiger charge is -2.28. The summed E-state index contributed by atoms with van der Waals surface area (Å²) in [6.45, 7) is 0.512. The smallest absolute Gasteiger partial charge is 0.227 e. The maximum atomic E-state index is 6.18. The Bertz CT molecular complexity index is 889. The topological polar surface area (TPSA) is 70.3 Å². The third-order valence-corrected chi connectivity index (χ3v) is 6.06. The second-order valence-electron chi connectivity index (χ2n) is 5.42. The average Bonchev–Trinajstić information content (AvgIpc) is 3.05. The number of nitrogens with two attached hydrogens (primary N) is 1. The van der Waals surface area contributed by atoms with Crippen LogP contribution in [0.1, 0.15) is 23.0 Å². The minimum Gasteiger partial charge on any atom is -0.460 e. The lowest BCUT2D eigenvalue weighted by atomic mass is 10.1.